The van der Waals surface area contributed by atoms with Crippen LogP contribution in [0.4, 0.5) is 4.39 Å². The van der Waals surface area contributed by atoms with Crippen LogP contribution in [0.1, 0.15) is 53.9 Å². The number of carbonyl (C=O) groups is 1. The summed E-state index contributed by atoms with van der Waals surface area (Å²) >= 11 is 0. The lowest BCUT2D eigenvalue weighted by atomic mass is 9.74. The quantitative estimate of drug-likeness (QED) is 0.811. The molecule has 0 aromatic heterocycles. The van der Waals surface area contributed by atoms with Gasteiger partial charge < -0.3 is 5.32 Å². The van der Waals surface area contributed by atoms with Gasteiger partial charge in [0.2, 0.25) is 0 Å². The lowest BCUT2D eigenvalue weighted by molar-refractivity contribution is 0.0930. The van der Waals surface area contributed by atoms with E-state index in [2.05, 4.69) is 5.32 Å². The molecule has 1 heterocycles. The van der Waals surface area contributed by atoms with Gasteiger partial charge in [0.25, 0.3) is 5.91 Å². The molecule has 1 N–H and O–H groups in total. The second-order valence-corrected chi connectivity index (χ2v) is 5.45. The van der Waals surface area contributed by atoms with Gasteiger partial charge in [0.15, 0.2) is 0 Å². The molecule has 1 saturated carbocycles. The minimum absolute atomic E-state index is 0.128. The molecule has 1 aromatic carbocycles. The second kappa shape index (κ2) is 4.71. The Balaban J connectivity index is 1.94. The van der Waals surface area contributed by atoms with Crippen LogP contribution < -0.4 is 5.32 Å². The van der Waals surface area contributed by atoms with Crippen molar-refractivity contribution in [3.05, 3.63) is 35.1 Å². The molecule has 1 atom stereocenters. The highest BCUT2D eigenvalue weighted by molar-refractivity contribution is 5.97. The molecular formula is C15H18FNO. The third-order valence-corrected chi connectivity index (χ3v) is 4.36. The summed E-state index contributed by atoms with van der Waals surface area (Å²) in [5, 5.41) is 2.91. The Morgan fingerprint density at radius 3 is 2.72 bits per heavy atom. The number of rotatable bonds is 1. The first kappa shape index (κ1) is 11.7. The first-order valence-electron chi connectivity index (χ1n) is 6.83. The fourth-order valence-corrected chi connectivity index (χ4v) is 3.41. The smallest absolute Gasteiger partial charge is 0.251 e. The summed E-state index contributed by atoms with van der Waals surface area (Å²) in [7, 11) is 0. The maximum atomic E-state index is 13.3. The zero-order chi connectivity index (χ0) is 12.5. The Hall–Kier alpha value is -1.38. The molecular weight excluding hydrogens is 229 g/mol. The highest BCUT2D eigenvalue weighted by Crippen LogP contribution is 2.38. The van der Waals surface area contributed by atoms with Gasteiger partial charge in [-0.15, -0.1) is 0 Å². The molecule has 0 spiro atoms. The molecule has 0 saturated heterocycles. The van der Waals surface area contributed by atoms with Gasteiger partial charge in [-0.05, 0) is 36.5 Å². The number of halogens is 1. The van der Waals surface area contributed by atoms with Gasteiger partial charge in [0.05, 0.1) is 0 Å². The Bertz CT molecular complexity index is 466. The monoisotopic (exact) mass is 247 g/mol. The van der Waals surface area contributed by atoms with E-state index in [1.54, 1.807) is 0 Å². The highest BCUT2D eigenvalue weighted by Gasteiger charge is 2.31. The average Bonchev–Trinajstić information content (AvgIpc) is 2.41. The van der Waals surface area contributed by atoms with Crippen LogP contribution in [0.2, 0.25) is 0 Å². The van der Waals surface area contributed by atoms with Gasteiger partial charge in [0, 0.05) is 18.0 Å². The first-order chi connectivity index (χ1) is 8.75. The van der Waals surface area contributed by atoms with Crippen LogP contribution in [0, 0.1) is 11.7 Å². The summed E-state index contributed by atoms with van der Waals surface area (Å²) in [4.78, 5) is 11.8. The predicted molar refractivity (Wildman–Crippen MR) is 68.0 cm³/mol. The molecule has 18 heavy (non-hydrogen) atoms. The summed E-state index contributed by atoms with van der Waals surface area (Å²) in [6.45, 7) is 0.710. The number of benzene rings is 1. The molecule has 1 aliphatic heterocycles. The van der Waals surface area contributed by atoms with Crippen LogP contribution >= 0.6 is 0 Å². The third kappa shape index (κ3) is 2.02. The Labute approximate surface area is 107 Å². The van der Waals surface area contributed by atoms with Crippen molar-refractivity contribution in [1.29, 1.82) is 0 Å². The second-order valence-electron chi connectivity index (χ2n) is 5.45. The van der Waals surface area contributed by atoms with Gasteiger partial charge in [-0.2, -0.15) is 0 Å². The maximum absolute atomic E-state index is 13.3. The molecule has 3 rings (SSSR count). The standard InChI is InChI=1S/C15H18FNO/c16-11-6-7-12-13(8-11)15(18)17-9-14(12)10-4-2-1-3-5-10/h6-8,10,14H,1-5,9H2,(H,17,18). The van der Waals surface area contributed by atoms with Gasteiger partial charge in [-0.25, -0.2) is 4.39 Å². The maximum Gasteiger partial charge on any atom is 0.251 e. The van der Waals surface area contributed by atoms with Crippen LogP contribution in [0.15, 0.2) is 18.2 Å². The molecule has 1 aliphatic carbocycles. The van der Waals surface area contributed by atoms with E-state index in [-0.39, 0.29) is 11.7 Å². The molecule has 96 valence electrons. The number of hydrogen-bond acceptors (Lipinski definition) is 1. The zero-order valence-corrected chi connectivity index (χ0v) is 10.4. The van der Waals surface area contributed by atoms with Crippen LogP contribution in [0.25, 0.3) is 0 Å². The third-order valence-electron chi connectivity index (χ3n) is 4.36. The minimum atomic E-state index is -0.326. The molecule has 1 aromatic rings. The van der Waals surface area contributed by atoms with Crippen molar-refractivity contribution in [1.82, 2.24) is 5.32 Å². The van der Waals surface area contributed by atoms with Crippen LogP contribution in [-0.4, -0.2) is 12.5 Å². The first-order valence-corrected chi connectivity index (χ1v) is 6.83. The highest BCUT2D eigenvalue weighted by atomic mass is 19.1. The summed E-state index contributed by atoms with van der Waals surface area (Å²) in [6.07, 6.45) is 6.36. The van der Waals surface area contributed by atoms with Gasteiger partial charge >= 0.3 is 0 Å². The van der Waals surface area contributed by atoms with E-state index >= 15 is 0 Å². The molecule has 0 bridgehead atoms. The normalized spacial score (nSPS) is 24.5. The van der Waals surface area contributed by atoms with Crippen molar-refractivity contribution in [3.8, 4) is 0 Å². The molecule has 3 heteroatoms. The summed E-state index contributed by atoms with van der Waals surface area (Å²) in [5.41, 5.74) is 1.59. The van der Waals surface area contributed by atoms with E-state index < -0.39 is 0 Å². The number of nitrogens with one attached hydrogen (secondary N) is 1. The van der Waals surface area contributed by atoms with E-state index in [0.29, 0.717) is 23.9 Å². The lowest BCUT2D eigenvalue weighted by Crippen LogP contribution is -2.38. The molecule has 1 amide bonds. The van der Waals surface area contributed by atoms with Crippen molar-refractivity contribution in [2.45, 2.75) is 38.0 Å². The molecule has 1 fully saturated rings. The van der Waals surface area contributed by atoms with E-state index in [9.17, 15) is 9.18 Å². The van der Waals surface area contributed by atoms with Crippen molar-refractivity contribution in [2.75, 3.05) is 6.54 Å². The van der Waals surface area contributed by atoms with Gasteiger partial charge in [-0.3, -0.25) is 4.79 Å². The largest absolute Gasteiger partial charge is 0.351 e. The summed E-state index contributed by atoms with van der Waals surface area (Å²) < 4.78 is 13.3. The van der Waals surface area contributed by atoms with E-state index in [1.807, 2.05) is 6.07 Å². The Morgan fingerprint density at radius 1 is 1.17 bits per heavy atom. The van der Waals surface area contributed by atoms with Crippen molar-refractivity contribution >= 4 is 5.91 Å². The summed E-state index contributed by atoms with van der Waals surface area (Å²) in [6, 6.07) is 4.66. The van der Waals surface area contributed by atoms with Crippen molar-refractivity contribution < 1.29 is 9.18 Å². The van der Waals surface area contributed by atoms with E-state index in [1.165, 1.54) is 44.2 Å². The van der Waals surface area contributed by atoms with E-state index in [0.717, 1.165) is 5.56 Å². The van der Waals surface area contributed by atoms with Gasteiger partial charge in [-0.1, -0.05) is 25.3 Å². The minimum Gasteiger partial charge on any atom is -0.351 e. The Kier molecular flexibility index (Phi) is 3.06. The van der Waals surface area contributed by atoms with Crippen LogP contribution in [-0.2, 0) is 0 Å². The molecule has 1 unspecified atom stereocenters. The molecule has 0 radical (unpaired) electrons. The summed E-state index contributed by atoms with van der Waals surface area (Å²) in [5.74, 6) is 0.562. The lowest BCUT2D eigenvalue weighted by Gasteiger charge is -2.34. The fraction of sp³-hybridized carbons (Fsp3) is 0.533. The predicted octanol–water partition coefficient (Wildman–Crippen LogP) is 3.23. The zero-order valence-electron chi connectivity index (χ0n) is 10.4. The van der Waals surface area contributed by atoms with Gasteiger partial charge in [0.1, 0.15) is 5.82 Å². The van der Waals surface area contributed by atoms with E-state index in [4.69, 9.17) is 0 Å². The SMILES string of the molecule is O=C1NCC(C2CCCCC2)c2ccc(F)cc21. The number of fused-ring (bicyclic) bond motifs is 1. The number of carbonyl (C=O) groups excluding carboxylic acids is 1. The molecule has 2 nitrogen and oxygen atoms in total. The Morgan fingerprint density at radius 2 is 1.94 bits per heavy atom. The average molecular weight is 247 g/mol. The van der Waals surface area contributed by atoms with Crippen molar-refractivity contribution in [2.24, 2.45) is 5.92 Å². The van der Waals surface area contributed by atoms with Crippen LogP contribution in [0.3, 0.4) is 0 Å². The van der Waals surface area contributed by atoms with Crippen molar-refractivity contribution in [3.63, 3.8) is 0 Å². The number of amides is 1. The van der Waals surface area contributed by atoms with Crippen LogP contribution in [0.5, 0.6) is 0 Å². The fourth-order valence-electron chi connectivity index (χ4n) is 3.41. The topological polar surface area (TPSA) is 29.1 Å². The number of hydrogen-bond donors (Lipinski definition) is 1. The molecule has 2 aliphatic rings.